The van der Waals surface area contributed by atoms with Crippen molar-refractivity contribution in [1.82, 2.24) is 5.32 Å². The average Bonchev–Trinajstić information content (AvgIpc) is 2.30. The van der Waals surface area contributed by atoms with Crippen molar-refractivity contribution >= 4 is 5.69 Å². The Morgan fingerprint density at radius 3 is 2.44 bits per heavy atom. The van der Waals surface area contributed by atoms with Gasteiger partial charge in [0.05, 0.1) is 0 Å². The Morgan fingerprint density at radius 1 is 1.31 bits per heavy atom. The van der Waals surface area contributed by atoms with Crippen LogP contribution in [0.25, 0.3) is 0 Å². The summed E-state index contributed by atoms with van der Waals surface area (Å²) in [4.78, 5) is 2.17. The number of halogens is 1. The third kappa shape index (κ3) is 2.53. The van der Waals surface area contributed by atoms with Crippen LogP contribution in [-0.2, 0) is 0 Å². The van der Waals surface area contributed by atoms with E-state index in [9.17, 15) is 4.39 Å². The van der Waals surface area contributed by atoms with Crippen LogP contribution in [0.4, 0.5) is 10.1 Å². The van der Waals surface area contributed by atoms with Gasteiger partial charge in [-0.15, -0.1) is 0 Å². The Labute approximate surface area is 97.5 Å². The summed E-state index contributed by atoms with van der Waals surface area (Å²) in [5, 5.41) is 3.10. The Morgan fingerprint density at radius 2 is 1.94 bits per heavy atom. The van der Waals surface area contributed by atoms with Gasteiger partial charge in [0.15, 0.2) is 0 Å². The smallest absolute Gasteiger partial charge is 0.130 e. The summed E-state index contributed by atoms with van der Waals surface area (Å²) in [5.41, 5.74) is 1.75. The molecule has 1 unspecified atom stereocenters. The topological polar surface area (TPSA) is 15.3 Å². The van der Waals surface area contributed by atoms with Gasteiger partial charge in [0.2, 0.25) is 0 Å². The lowest BCUT2D eigenvalue weighted by Crippen LogP contribution is -2.26. The molecule has 0 spiro atoms. The Bertz CT molecular complexity index is 335. The van der Waals surface area contributed by atoms with Gasteiger partial charge in [0.1, 0.15) is 5.82 Å². The molecule has 0 aromatic heterocycles. The van der Waals surface area contributed by atoms with Crippen LogP contribution in [0.2, 0.25) is 0 Å². The van der Waals surface area contributed by atoms with Crippen LogP contribution in [0, 0.1) is 5.82 Å². The second-order valence-corrected chi connectivity index (χ2v) is 3.86. The first-order valence-corrected chi connectivity index (χ1v) is 5.86. The minimum atomic E-state index is -0.133. The first-order valence-electron chi connectivity index (χ1n) is 5.86. The normalized spacial score (nSPS) is 12.6. The van der Waals surface area contributed by atoms with Crippen LogP contribution in [0.3, 0.4) is 0 Å². The predicted molar refractivity (Wildman–Crippen MR) is 67.4 cm³/mol. The van der Waals surface area contributed by atoms with Gasteiger partial charge in [-0.1, -0.05) is 6.07 Å². The molecule has 0 saturated carbocycles. The quantitative estimate of drug-likeness (QED) is 0.827. The van der Waals surface area contributed by atoms with Gasteiger partial charge in [0, 0.05) is 30.4 Å². The Balaban J connectivity index is 3.21. The maximum Gasteiger partial charge on any atom is 0.130 e. The number of nitrogens with one attached hydrogen (secondary N) is 1. The minimum Gasteiger partial charge on any atom is -0.372 e. The minimum absolute atomic E-state index is 0.0248. The highest BCUT2D eigenvalue weighted by Gasteiger charge is 2.16. The monoisotopic (exact) mass is 224 g/mol. The van der Waals surface area contributed by atoms with Gasteiger partial charge in [-0.05, 0) is 40.0 Å². The second kappa shape index (κ2) is 5.85. The van der Waals surface area contributed by atoms with E-state index in [2.05, 4.69) is 24.1 Å². The highest BCUT2D eigenvalue weighted by atomic mass is 19.1. The molecule has 0 aliphatic rings. The fraction of sp³-hybridized carbons (Fsp3) is 0.538. The molecule has 0 radical (unpaired) electrons. The van der Waals surface area contributed by atoms with E-state index in [0.29, 0.717) is 0 Å². The Kier molecular flexibility index (Phi) is 4.74. The molecular formula is C13H21FN2. The van der Waals surface area contributed by atoms with Crippen LogP contribution in [0.1, 0.15) is 32.4 Å². The van der Waals surface area contributed by atoms with Crippen molar-refractivity contribution in [1.29, 1.82) is 0 Å². The highest BCUT2D eigenvalue weighted by Crippen LogP contribution is 2.28. The summed E-state index contributed by atoms with van der Waals surface area (Å²) < 4.78 is 13.9. The molecule has 1 aromatic carbocycles. The van der Waals surface area contributed by atoms with Gasteiger partial charge in [0.25, 0.3) is 0 Å². The first-order chi connectivity index (χ1) is 7.65. The average molecular weight is 224 g/mol. The zero-order chi connectivity index (χ0) is 12.1. The molecule has 0 heterocycles. The van der Waals surface area contributed by atoms with E-state index in [1.54, 1.807) is 6.07 Å². The molecule has 16 heavy (non-hydrogen) atoms. The van der Waals surface area contributed by atoms with Gasteiger partial charge in [-0.3, -0.25) is 0 Å². The van der Waals surface area contributed by atoms with Crippen molar-refractivity contribution in [3.05, 3.63) is 29.6 Å². The van der Waals surface area contributed by atoms with Crippen molar-refractivity contribution in [2.45, 2.75) is 26.8 Å². The number of nitrogens with zero attached hydrogens (tertiary/aromatic N) is 1. The number of anilines is 1. The summed E-state index contributed by atoms with van der Waals surface area (Å²) >= 11 is 0. The van der Waals surface area contributed by atoms with Crippen molar-refractivity contribution in [3.8, 4) is 0 Å². The number of hydrogen-bond acceptors (Lipinski definition) is 2. The van der Waals surface area contributed by atoms with E-state index in [1.165, 1.54) is 6.07 Å². The summed E-state index contributed by atoms with van der Waals surface area (Å²) in [6.45, 7) is 7.93. The number of rotatable bonds is 5. The Hall–Kier alpha value is -1.09. The second-order valence-electron chi connectivity index (χ2n) is 3.86. The van der Waals surface area contributed by atoms with Crippen LogP contribution in [0.5, 0.6) is 0 Å². The van der Waals surface area contributed by atoms with Crippen molar-refractivity contribution < 1.29 is 4.39 Å². The molecule has 1 N–H and O–H groups in total. The molecule has 0 saturated heterocycles. The van der Waals surface area contributed by atoms with Crippen LogP contribution >= 0.6 is 0 Å². The maximum atomic E-state index is 13.9. The van der Waals surface area contributed by atoms with Gasteiger partial charge in [-0.2, -0.15) is 0 Å². The molecule has 90 valence electrons. The summed E-state index contributed by atoms with van der Waals surface area (Å²) in [5.74, 6) is -0.133. The van der Waals surface area contributed by atoms with E-state index in [-0.39, 0.29) is 11.9 Å². The van der Waals surface area contributed by atoms with Gasteiger partial charge in [-0.25, -0.2) is 4.39 Å². The highest BCUT2D eigenvalue weighted by molar-refractivity contribution is 5.55. The summed E-state index contributed by atoms with van der Waals surface area (Å²) in [6.07, 6.45) is 0. The number of benzene rings is 1. The zero-order valence-electron chi connectivity index (χ0n) is 10.5. The molecule has 0 amide bonds. The summed E-state index contributed by atoms with van der Waals surface area (Å²) in [6, 6.07) is 5.31. The molecule has 1 rings (SSSR count). The van der Waals surface area contributed by atoms with Gasteiger partial charge < -0.3 is 10.2 Å². The van der Waals surface area contributed by atoms with E-state index >= 15 is 0 Å². The SMILES string of the molecule is CCN(CC)c1cccc(F)c1C(C)NC. The van der Waals surface area contributed by atoms with Crippen LogP contribution in [-0.4, -0.2) is 20.1 Å². The van der Waals surface area contributed by atoms with Crippen molar-refractivity contribution in [3.63, 3.8) is 0 Å². The number of hydrogen-bond donors (Lipinski definition) is 1. The third-order valence-corrected chi connectivity index (χ3v) is 3.00. The molecule has 1 atom stereocenters. The van der Waals surface area contributed by atoms with E-state index in [0.717, 1.165) is 24.3 Å². The van der Waals surface area contributed by atoms with E-state index in [4.69, 9.17) is 0 Å². The zero-order valence-corrected chi connectivity index (χ0v) is 10.5. The lowest BCUT2D eigenvalue weighted by atomic mass is 10.0. The molecule has 0 fully saturated rings. The molecule has 1 aromatic rings. The standard InChI is InChI=1S/C13H21FN2/c1-5-16(6-2)12-9-7-8-11(14)13(12)10(3)15-4/h7-10,15H,5-6H2,1-4H3. The largest absolute Gasteiger partial charge is 0.372 e. The first kappa shape index (κ1) is 13.0. The fourth-order valence-corrected chi connectivity index (χ4v) is 1.94. The molecule has 0 bridgehead atoms. The van der Waals surface area contributed by atoms with Gasteiger partial charge >= 0.3 is 0 Å². The van der Waals surface area contributed by atoms with Crippen LogP contribution < -0.4 is 10.2 Å². The lowest BCUT2D eigenvalue weighted by Gasteiger charge is -2.26. The van der Waals surface area contributed by atoms with Crippen molar-refractivity contribution in [2.75, 3.05) is 25.0 Å². The van der Waals surface area contributed by atoms with Crippen LogP contribution in [0.15, 0.2) is 18.2 Å². The maximum absolute atomic E-state index is 13.9. The summed E-state index contributed by atoms with van der Waals surface area (Å²) in [7, 11) is 1.85. The van der Waals surface area contributed by atoms with E-state index < -0.39 is 0 Å². The molecule has 2 nitrogen and oxygen atoms in total. The fourth-order valence-electron chi connectivity index (χ4n) is 1.94. The predicted octanol–water partition coefficient (Wildman–Crippen LogP) is 2.95. The lowest BCUT2D eigenvalue weighted by molar-refractivity contribution is 0.560. The molecule has 0 aliphatic carbocycles. The molecular weight excluding hydrogens is 203 g/mol. The van der Waals surface area contributed by atoms with Crippen molar-refractivity contribution in [2.24, 2.45) is 0 Å². The third-order valence-electron chi connectivity index (χ3n) is 3.00. The van der Waals surface area contributed by atoms with E-state index in [1.807, 2.05) is 20.0 Å². The molecule has 3 heteroatoms. The molecule has 0 aliphatic heterocycles.